The van der Waals surface area contributed by atoms with E-state index in [2.05, 4.69) is 36.1 Å². The number of carbonyl (C=O) groups is 3. The Morgan fingerprint density at radius 1 is 0.941 bits per heavy atom. The molecule has 0 radical (unpaired) electrons. The average molecular weight is 726 g/mol. The number of aromatic nitrogens is 4. The van der Waals surface area contributed by atoms with Gasteiger partial charge in [0.15, 0.2) is 12.4 Å². The van der Waals surface area contributed by atoms with Crippen LogP contribution in [0.2, 0.25) is 5.02 Å². The lowest BCUT2D eigenvalue weighted by Gasteiger charge is -2.21. The van der Waals surface area contributed by atoms with Crippen LogP contribution in [0.1, 0.15) is 34.5 Å². The minimum atomic E-state index is -4.60. The van der Waals surface area contributed by atoms with E-state index in [-0.39, 0.29) is 35.5 Å². The fourth-order valence-corrected chi connectivity index (χ4v) is 6.47. The highest BCUT2D eigenvalue weighted by molar-refractivity contribution is 6.39. The van der Waals surface area contributed by atoms with Gasteiger partial charge in [0, 0.05) is 60.4 Å². The van der Waals surface area contributed by atoms with Crippen molar-refractivity contribution in [2.75, 3.05) is 48.7 Å². The van der Waals surface area contributed by atoms with Crippen molar-refractivity contribution in [2.24, 2.45) is 11.8 Å². The molecule has 2 aromatic carbocycles. The van der Waals surface area contributed by atoms with Crippen molar-refractivity contribution in [2.45, 2.75) is 31.5 Å². The molecule has 1 aliphatic carbocycles. The molecule has 51 heavy (non-hydrogen) atoms. The number of benzene rings is 2. The van der Waals surface area contributed by atoms with Gasteiger partial charge in [0.2, 0.25) is 11.9 Å². The summed E-state index contributed by atoms with van der Waals surface area (Å²) in [5.41, 5.74) is 1.30. The molecule has 2 aliphatic heterocycles. The third-order valence-electron chi connectivity index (χ3n) is 8.99. The van der Waals surface area contributed by atoms with Crippen molar-refractivity contribution in [1.29, 1.82) is 0 Å². The molecule has 0 spiro atoms. The van der Waals surface area contributed by atoms with Crippen molar-refractivity contribution < 1.29 is 36.8 Å². The molecule has 3 fully saturated rings. The molecule has 1 saturated carbocycles. The number of fused-ring (bicyclic) bond motifs is 1. The number of rotatable bonds is 9. The van der Waals surface area contributed by atoms with Crippen LogP contribution >= 0.6 is 11.6 Å². The van der Waals surface area contributed by atoms with Gasteiger partial charge in [-0.05, 0) is 61.7 Å². The molecule has 14 nitrogen and oxygen atoms in total. The van der Waals surface area contributed by atoms with Crippen LogP contribution in [-0.4, -0.2) is 86.6 Å². The van der Waals surface area contributed by atoms with Gasteiger partial charge in [-0.2, -0.15) is 28.1 Å². The summed E-state index contributed by atoms with van der Waals surface area (Å²) in [5.74, 6) is -0.996. The second kappa shape index (κ2) is 13.4. The maximum absolute atomic E-state index is 13.4. The first-order valence-electron chi connectivity index (χ1n) is 16.0. The molecule has 266 valence electrons. The van der Waals surface area contributed by atoms with Crippen LogP contribution in [0, 0.1) is 18.8 Å². The first kappa shape index (κ1) is 34.0. The van der Waals surface area contributed by atoms with E-state index in [4.69, 9.17) is 20.9 Å². The highest BCUT2D eigenvalue weighted by Crippen LogP contribution is 2.48. The first-order chi connectivity index (χ1) is 24.3. The number of amides is 3. The van der Waals surface area contributed by atoms with Gasteiger partial charge >= 0.3 is 24.0 Å². The monoisotopic (exact) mass is 725 g/mol. The SMILES string of the molecule is Cc1cc(NC(=O)C(=O)N2CC3CN(C(=O)c4ccc(Nc5nc(NC6(c7ccc(Cl)cc7)CC6)nc(OCC(F)(F)F)n5)cc4)CC3C2)no1. The lowest BCUT2D eigenvalue weighted by atomic mass is 10.0. The Labute approximate surface area is 293 Å². The summed E-state index contributed by atoms with van der Waals surface area (Å²) in [7, 11) is 0. The number of halogens is 4. The van der Waals surface area contributed by atoms with E-state index in [1.165, 1.54) is 11.0 Å². The third-order valence-corrected chi connectivity index (χ3v) is 9.24. The van der Waals surface area contributed by atoms with Gasteiger partial charge in [0.05, 0.1) is 5.54 Å². The van der Waals surface area contributed by atoms with E-state index in [0.717, 1.165) is 18.4 Å². The molecule has 2 saturated heterocycles. The molecule has 4 aromatic rings. The molecule has 2 atom stereocenters. The van der Waals surface area contributed by atoms with Crippen molar-refractivity contribution >= 4 is 52.7 Å². The van der Waals surface area contributed by atoms with E-state index in [9.17, 15) is 27.6 Å². The minimum Gasteiger partial charge on any atom is -0.454 e. The number of aryl methyl sites for hydroxylation is 1. The number of anilines is 4. The van der Waals surface area contributed by atoms with Crippen LogP contribution in [0.3, 0.4) is 0 Å². The lowest BCUT2D eigenvalue weighted by molar-refractivity contribution is -0.154. The predicted molar refractivity (Wildman–Crippen MR) is 176 cm³/mol. The molecule has 7 rings (SSSR count). The molecular formula is C33H31ClF3N9O5. The largest absolute Gasteiger partial charge is 0.454 e. The van der Waals surface area contributed by atoms with Crippen LogP contribution in [0.5, 0.6) is 6.01 Å². The summed E-state index contributed by atoms with van der Waals surface area (Å²) >= 11 is 6.04. The summed E-state index contributed by atoms with van der Waals surface area (Å²) in [6.45, 7) is 1.63. The van der Waals surface area contributed by atoms with Gasteiger partial charge in [-0.25, -0.2) is 0 Å². The molecule has 4 heterocycles. The summed E-state index contributed by atoms with van der Waals surface area (Å²) in [6, 6.07) is 14.7. The third kappa shape index (κ3) is 7.82. The molecular weight excluding hydrogens is 695 g/mol. The fourth-order valence-electron chi connectivity index (χ4n) is 6.34. The summed E-state index contributed by atoms with van der Waals surface area (Å²) in [5, 5.41) is 12.9. The molecule has 2 aromatic heterocycles. The number of hydrogen-bond acceptors (Lipinski definition) is 11. The molecule has 3 aliphatic rings. The first-order valence-corrected chi connectivity index (χ1v) is 16.4. The molecule has 3 N–H and O–H groups in total. The quantitative estimate of drug-likeness (QED) is 0.203. The van der Waals surface area contributed by atoms with Crippen molar-refractivity contribution in [3.05, 3.63) is 76.5 Å². The van der Waals surface area contributed by atoms with Crippen LogP contribution in [0.15, 0.2) is 59.1 Å². The van der Waals surface area contributed by atoms with Crippen molar-refractivity contribution in [3.63, 3.8) is 0 Å². The topological polar surface area (TPSA) is 168 Å². The Bertz CT molecular complexity index is 1940. The zero-order valence-corrected chi connectivity index (χ0v) is 27.8. The number of nitrogens with one attached hydrogen (secondary N) is 3. The second-order valence-corrected chi connectivity index (χ2v) is 13.2. The number of carbonyl (C=O) groups excluding carboxylic acids is 3. The van der Waals surface area contributed by atoms with Crippen LogP contribution in [-0.2, 0) is 15.1 Å². The second-order valence-electron chi connectivity index (χ2n) is 12.8. The Balaban J connectivity index is 0.977. The Kier molecular flexibility index (Phi) is 8.91. The normalized spacial score (nSPS) is 19.0. The minimum absolute atomic E-state index is 0.0226. The molecule has 2 unspecified atom stereocenters. The highest BCUT2D eigenvalue weighted by atomic mass is 35.5. The molecule has 18 heteroatoms. The van der Waals surface area contributed by atoms with Crippen LogP contribution in [0.25, 0.3) is 0 Å². The van der Waals surface area contributed by atoms with Crippen LogP contribution < -0.4 is 20.7 Å². The van der Waals surface area contributed by atoms with Crippen LogP contribution in [0.4, 0.5) is 36.6 Å². The van der Waals surface area contributed by atoms with E-state index < -0.39 is 36.1 Å². The van der Waals surface area contributed by atoms with Gasteiger partial charge < -0.3 is 29.7 Å². The van der Waals surface area contributed by atoms with Gasteiger partial charge in [-0.3, -0.25) is 19.7 Å². The highest BCUT2D eigenvalue weighted by Gasteiger charge is 2.46. The van der Waals surface area contributed by atoms with E-state index in [1.807, 2.05) is 12.1 Å². The van der Waals surface area contributed by atoms with E-state index >= 15 is 0 Å². The Morgan fingerprint density at radius 3 is 2.20 bits per heavy atom. The maximum atomic E-state index is 13.4. The standard InChI is InChI=1S/C33H31ClF3N9O5/c1-18-12-25(44-51-18)39-26(47)28(49)46-15-20-13-45(14-21(20)16-46)27(48)19-2-8-24(9-3-19)38-29-40-30(42-31(41-29)50-17-33(35,36)37)43-32(10-11-32)22-4-6-23(34)7-5-22/h2-9,12,20-21H,10-11,13-17H2,1H3,(H,39,44,47)(H2,38,40,41,42,43). The average Bonchev–Trinajstić information content (AvgIpc) is 3.35. The van der Waals surface area contributed by atoms with Gasteiger partial charge in [-0.1, -0.05) is 28.9 Å². The van der Waals surface area contributed by atoms with E-state index in [0.29, 0.717) is 48.2 Å². The number of alkyl halides is 3. The smallest absolute Gasteiger partial charge is 0.422 e. The lowest BCUT2D eigenvalue weighted by Crippen LogP contribution is -2.40. The number of ether oxygens (including phenoxy) is 1. The van der Waals surface area contributed by atoms with Gasteiger partial charge in [0.25, 0.3) is 5.91 Å². The maximum Gasteiger partial charge on any atom is 0.422 e. The van der Waals surface area contributed by atoms with Crippen molar-refractivity contribution in [3.8, 4) is 6.01 Å². The van der Waals surface area contributed by atoms with Gasteiger partial charge in [0.1, 0.15) is 5.76 Å². The zero-order chi connectivity index (χ0) is 35.9. The van der Waals surface area contributed by atoms with Gasteiger partial charge in [-0.15, -0.1) is 0 Å². The summed E-state index contributed by atoms with van der Waals surface area (Å²) in [4.78, 5) is 54.2. The van der Waals surface area contributed by atoms with E-state index in [1.54, 1.807) is 48.2 Å². The number of likely N-dealkylation sites (tertiary alicyclic amines) is 2. The zero-order valence-electron chi connectivity index (χ0n) is 27.0. The Morgan fingerprint density at radius 2 is 1.59 bits per heavy atom. The fraction of sp³-hybridized carbons (Fsp3) is 0.364. The molecule has 3 amide bonds. The number of hydrogen-bond donors (Lipinski definition) is 3. The van der Waals surface area contributed by atoms with Crippen molar-refractivity contribution in [1.82, 2.24) is 29.9 Å². The summed E-state index contributed by atoms with van der Waals surface area (Å²) < 4.78 is 48.6. The Hall–Kier alpha value is -5.45. The molecule has 0 bridgehead atoms. The number of nitrogens with zero attached hydrogens (tertiary/aromatic N) is 6. The predicted octanol–water partition coefficient (Wildman–Crippen LogP) is 4.78. The summed E-state index contributed by atoms with van der Waals surface area (Å²) in [6.07, 6.45) is -3.11.